The summed E-state index contributed by atoms with van der Waals surface area (Å²) in [5.41, 5.74) is 6.67. The van der Waals surface area contributed by atoms with Crippen molar-refractivity contribution >= 4 is 5.97 Å². The molecule has 1 heterocycles. The first-order valence-corrected chi connectivity index (χ1v) is 7.13. The second-order valence-electron chi connectivity index (χ2n) is 5.43. The third kappa shape index (κ3) is 3.15. The van der Waals surface area contributed by atoms with Crippen molar-refractivity contribution in [3.63, 3.8) is 0 Å². The third-order valence-electron chi connectivity index (χ3n) is 3.84. The molecule has 1 aromatic carbocycles. The van der Waals surface area contributed by atoms with Crippen molar-refractivity contribution in [1.82, 2.24) is 9.78 Å². The Labute approximate surface area is 125 Å². The first-order chi connectivity index (χ1) is 9.93. The van der Waals surface area contributed by atoms with E-state index >= 15 is 0 Å². The largest absolute Gasteiger partial charge is 0.469 e. The molecule has 0 spiro atoms. The molecule has 0 fully saturated rings. The van der Waals surface area contributed by atoms with Crippen LogP contribution in [0.5, 0.6) is 0 Å². The van der Waals surface area contributed by atoms with Crippen LogP contribution in [0.1, 0.15) is 34.5 Å². The molecule has 0 aliphatic carbocycles. The first kappa shape index (κ1) is 15.3. The highest BCUT2D eigenvalue weighted by Crippen LogP contribution is 2.22. The van der Waals surface area contributed by atoms with E-state index in [1.54, 1.807) is 0 Å². The van der Waals surface area contributed by atoms with Crippen molar-refractivity contribution in [2.24, 2.45) is 0 Å². The second kappa shape index (κ2) is 6.12. The predicted octanol–water partition coefficient (Wildman–Crippen LogP) is 3.21. The van der Waals surface area contributed by atoms with Gasteiger partial charge >= 0.3 is 5.97 Å². The zero-order chi connectivity index (χ0) is 15.6. The van der Waals surface area contributed by atoms with Gasteiger partial charge in [-0.3, -0.25) is 4.79 Å². The Morgan fingerprint density at radius 3 is 2.62 bits per heavy atom. The van der Waals surface area contributed by atoms with Crippen LogP contribution in [-0.2, 0) is 16.0 Å². The van der Waals surface area contributed by atoms with E-state index in [9.17, 15) is 4.79 Å². The Morgan fingerprint density at radius 2 is 1.95 bits per heavy atom. The maximum Gasteiger partial charge on any atom is 0.305 e. The number of ether oxygens (including phenoxy) is 1. The monoisotopic (exact) mass is 286 g/mol. The van der Waals surface area contributed by atoms with E-state index in [0.29, 0.717) is 12.8 Å². The number of hydrogen-bond donors (Lipinski definition) is 0. The standard InChI is InChI=1S/C17H22N2O2/c1-11-6-7-12(2)16(10-11)19-14(4)15(13(3)18-19)8-9-17(20)21-5/h6-7,10H,8-9H2,1-5H3. The predicted molar refractivity (Wildman–Crippen MR) is 82.8 cm³/mol. The molecular formula is C17H22N2O2. The average Bonchev–Trinajstić information content (AvgIpc) is 2.74. The molecular weight excluding hydrogens is 264 g/mol. The van der Waals surface area contributed by atoms with Crippen LogP contribution in [0.4, 0.5) is 0 Å². The fourth-order valence-corrected chi connectivity index (χ4v) is 2.55. The van der Waals surface area contributed by atoms with E-state index in [-0.39, 0.29) is 5.97 Å². The van der Waals surface area contributed by atoms with Gasteiger partial charge < -0.3 is 4.74 Å². The van der Waals surface area contributed by atoms with Crippen LogP contribution in [0, 0.1) is 27.7 Å². The van der Waals surface area contributed by atoms with Crippen LogP contribution in [0.3, 0.4) is 0 Å². The fraction of sp³-hybridized carbons (Fsp3) is 0.412. The second-order valence-corrected chi connectivity index (χ2v) is 5.43. The molecule has 0 saturated carbocycles. The van der Waals surface area contributed by atoms with Gasteiger partial charge in [0.2, 0.25) is 0 Å². The van der Waals surface area contributed by atoms with Gasteiger partial charge in [0.15, 0.2) is 0 Å². The van der Waals surface area contributed by atoms with Crippen LogP contribution in [0.15, 0.2) is 18.2 Å². The number of carbonyl (C=O) groups excluding carboxylic acids is 1. The molecule has 0 bridgehead atoms. The summed E-state index contributed by atoms with van der Waals surface area (Å²) in [4.78, 5) is 11.3. The zero-order valence-electron chi connectivity index (χ0n) is 13.4. The minimum absolute atomic E-state index is 0.187. The minimum Gasteiger partial charge on any atom is -0.469 e. The lowest BCUT2D eigenvalue weighted by molar-refractivity contribution is -0.140. The van der Waals surface area contributed by atoms with Crippen LogP contribution in [0.2, 0.25) is 0 Å². The van der Waals surface area contributed by atoms with E-state index in [2.05, 4.69) is 37.1 Å². The molecule has 21 heavy (non-hydrogen) atoms. The van der Waals surface area contributed by atoms with E-state index in [1.807, 2.05) is 18.5 Å². The summed E-state index contributed by atoms with van der Waals surface area (Å²) < 4.78 is 6.69. The summed E-state index contributed by atoms with van der Waals surface area (Å²) in [7, 11) is 1.42. The quantitative estimate of drug-likeness (QED) is 0.811. The Kier molecular flexibility index (Phi) is 4.46. The van der Waals surface area contributed by atoms with E-state index in [4.69, 9.17) is 4.74 Å². The number of benzene rings is 1. The number of hydrogen-bond acceptors (Lipinski definition) is 3. The topological polar surface area (TPSA) is 44.1 Å². The molecule has 0 amide bonds. The molecule has 2 aromatic rings. The van der Waals surface area contributed by atoms with Crippen molar-refractivity contribution in [3.05, 3.63) is 46.3 Å². The first-order valence-electron chi connectivity index (χ1n) is 7.13. The zero-order valence-corrected chi connectivity index (χ0v) is 13.4. The van der Waals surface area contributed by atoms with Gasteiger partial charge in [0.1, 0.15) is 0 Å². The van der Waals surface area contributed by atoms with Gasteiger partial charge in [0, 0.05) is 12.1 Å². The lowest BCUT2D eigenvalue weighted by Gasteiger charge is -2.10. The fourth-order valence-electron chi connectivity index (χ4n) is 2.55. The molecule has 0 atom stereocenters. The summed E-state index contributed by atoms with van der Waals surface area (Å²) in [6.07, 6.45) is 1.05. The highest BCUT2D eigenvalue weighted by Gasteiger charge is 2.15. The van der Waals surface area contributed by atoms with E-state index in [0.717, 1.165) is 22.6 Å². The molecule has 0 saturated heterocycles. The van der Waals surface area contributed by atoms with Crippen LogP contribution < -0.4 is 0 Å². The maximum atomic E-state index is 11.3. The highest BCUT2D eigenvalue weighted by atomic mass is 16.5. The van der Waals surface area contributed by atoms with Crippen molar-refractivity contribution in [1.29, 1.82) is 0 Å². The van der Waals surface area contributed by atoms with Gasteiger partial charge in [0.05, 0.1) is 18.5 Å². The van der Waals surface area contributed by atoms with Crippen molar-refractivity contribution in [3.8, 4) is 5.69 Å². The summed E-state index contributed by atoms with van der Waals surface area (Å²) >= 11 is 0. The number of esters is 1. The average molecular weight is 286 g/mol. The minimum atomic E-state index is -0.187. The summed E-state index contributed by atoms with van der Waals surface area (Å²) in [5.74, 6) is -0.187. The lowest BCUT2D eigenvalue weighted by Crippen LogP contribution is -2.04. The SMILES string of the molecule is COC(=O)CCc1c(C)nn(-c2cc(C)ccc2C)c1C. The molecule has 0 radical (unpaired) electrons. The number of aryl methyl sites for hydroxylation is 3. The Balaban J connectivity index is 2.38. The Hall–Kier alpha value is -2.10. The Morgan fingerprint density at radius 1 is 1.24 bits per heavy atom. The van der Waals surface area contributed by atoms with Gasteiger partial charge in [0.25, 0.3) is 0 Å². The molecule has 0 aliphatic rings. The number of rotatable bonds is 4. The van der Waals surface area contributed by atoms with E-state index < -0.39 is 0 Å². The number of carbonyl (C=O) groups is 1. The van der Waals surface area contributed by atoms with Crippen LogP contribution in [-0.4, -0.2) is 22.9 Å². The molecule has 2 rings (SSSR count). The molecule has 4 nitrogen and oxygen atoms in total. The van der Waals surface area contributed by atoms with Crippen LogP contribution >= 0.6 is 0 Å². The smallest absolute Gasteiger partial charge is 0.305 e. The van der Waals surface area contributed by atoms with Crippen molar-refractivity contribution in [2.45, 2.75) is 40.5 Å². The van der Waals surface area contributed by atoms with Gasteiger partial charge in [-0.15, -0.1) is 0 Å². The molecule has 1 aromatic heterocycles. The third-order valence-corrected chi connectivity index (χ3v) is 3.84. The number of aromatic nitrogens is 2. The normalized spacial score (nSPS) is 10.7. The van der Waals surface area contributed by atoms with E-state index in [1.165, 1.54) is 18.2 Å². The summed E-state index contributed by atoms with van der Waals surface area (Å²) in [6.45, 7) is 8.20. The highest BCUT2D eigenvalue weighted by molar-refractivity contribution is 5.69. The molecule has 112 valence electrons. The molecule has 0 N–H and O–H groups in total. The molecule has 0 unspecified atom stereocenters. The van der Waals surface area contributed by atoms with Gasteiger partial charge in [-0.1, -0.05) is 12.1 Å². The van der Waals surface area contributed by atoms with Gasteiger partial charge in [-0.25, -0.2) is 4.68 Å². The molecule has 0 aliphatic heterocycles. The van der Waals surface area contributed by atoms with Gasteiger partial charge in [-0.2, -0.15) is 5.10 Å². The van der Waals surface area contributed by atoms with Gasteiger partial charge in [-0.05, 0) is 56.9 Å². The lowest BCUT2D eigenvalue weighted by atomic mass is 10.1. The van der Waals surface area contributed by atoms with Crippen LogP contribution in [0.25, 0.3) is 5.69 Å². The number of nitrogens with zero attached hydrogens (tertiary/aromatic N) is 2. The number of methoxy groups -OCH3 is 1. The summed E-state index contributed by atoms with van der Waals surface area (Å²) in [5, 5.41) is 4.65. The Bertz CT molecular complexity index is 672. The molecule has 4 heteroatoms. The summed E-state index contributed by atoms with van der Waals surface area (Å²) in [6, 6.07) is 6.34. The van der Waals surface area contributed by atoms with Crippen molar-refractivity contribution < 1.29 is 9.53 Å². The maximum absolute atomic E-state index is 11.3. The van der Waals surface area contributed by atoms with Crippen molar-refractivity contribution in [2.75, 3.05) is 7.11 Å².